The van der Waals surface area contributed by atoms with Crippen LogP contribution in [0.1, 0.15) is 12.8 Å². The molecule has 0 unspecified atom stereocenters. The van der Waals surface area contributed by atoms with Crippen molar-refractivity contribution in [3.63, 3.8) is 0 Å². The maximum absolute atomic E-state index is 12.7. The fourth-order valence-corrected chi connectivity index (χ4v) is 1.49. The molecule has 0 aliphatic carbocycles. The summed E-state index contributed by atoms with van der Waals surface area (Å²) in [5, 5.41) is 4.44. The number of primary sulfonamides is 1. The summed E-state index contributed by atoms with van der Waals surface area (Å²) in [7, 11) is -3.18. The van der Waals surface area contributed by atoms with E-state index in [0.717, 1.165) is 7.11 Å². The number of esters is 1. The van der Waals surface area contributed by atoms with E-state index in [-0.39, 0.29) is 0 Å². The van der Waals surface area contributed by atoms with Gasteiger partial charge in [0.15, 0.2) is 0 Å². The molecule has 0 bridgehead atoms. The molecule has 5 nitrogen and oxygen atoms in total. The summed E-state index contributed by atoms with van der Waals surface area (Å²) in [6.07, 6.45) is -1.44. The van der Waals surface area contributed by atoms with Crippen LogP contribution in [0.2, 0.25) is 0 Å². The smallest absolute Gasteiger partial charge is 0.305 e. The molecule has 0 atom stereocenters. The van der Waals surface area contributed by atoms with E-state index < -0.39 is 40.5 Å². The zero-order valence-electron chi connectivity index (χ0n) is 7.50. The van der Waals surface area contributed by atoms with Crippen molar-refractivity contribution in [1.29, 1.82) is 0 Å². The molecule has 8 heteroatoms. The third-order valence-electron chi connectivity index (χ3n) is 1.33. The summed E-state index contributed by atoms with van der Waals surface area (Å²) in [6.45, 7) is 0. The second-order valence-corrected chi connectivity index (χ2v) is 4.35. The Hall–Kier alpha value is -0.760. The number of methoxy groups -OCH3 is 1. The molecule has 0 amide bonds. The molecular formula is C6H11F2NO4S. The first kappa shape index (κ1) is 13.2. The Morgan fingerprint density at radius 2 is 2.00 bits per heavy atom. The largest absolute Gasteiger partial charge is 0.469 e. The zero-order chi connectivity index (χ0) is 11.4. The number of carbonyl (C=O) groups is 1. The minimum Gasteiger partial charge on any atom is -0.469 e. The predicted molar refractivity (Wildman–Crippen MR) is 44.2 cm³/mol. The van der Waals surface area contributed by atoms with Gasteiger partial charge in [-0.25, -0.2) is 22.3 Å². The van der Waals surface area contributed by atoms with Crippen LogP contribution in [0.4, 0.5) is 8.78 Å². The zero-order valence-corrected chi connectivity index (χ0v) is 8.31. The van der Waals surface area contributed by atoms with Crippen LogP contribution < -0.4 is 5.14 Å². The number of ether oxygens (including phenoxy) is 1. The maximum Gasteiger partial charge on any atom is 0.305 e. The number of alkyl halides is 2. The van der Waals surface area contributed by atoms with Crippen molar-refractivity contribution in [2.75, 3.05) is 12.9 Å². The molecule has 0 saturated heterocycles. The lowest BCUT2D eigenvalue weighted by molar-refractivity contribution is -0.142. The average Bonchev–Trinajstić information content (AvgIpc) is 1.96. The molecule has 0 fully saturated rings. The van der Waals surface area contributed by atoms with Gasteiger partial charge in [0.1, 0.15) is 5.75 Å². The van der Waals surface area contributed by atoms with Crippen LogP contribution in [0.15, 0.2) is 0 Å². The van der Waals surface area contributed by atoms with Gasteiger partial charge in [0.05, 0.1) is 13.5 Å². The minimum atomic E-state index is -4.24. The Labute approximate surface area is 80.3 Å². The molecule has 0 heterocycles. The molecule has 0 aromatic rings. The van der Waals surface area contributed by atoms with Gasteiger partial charge in [-0.3, -0.25) is 4.79 Å². The van der Waals surface area contributed by atoms with Crippen molar-refractivity contribution in [3.8, 4) is 0 Å². The SMILES string of the molecule is COC(=O)CCC(F)(F)CS(N)(=O)=O. The summed E-state index contributed by atoms with van der Waals surface area (Å²) < 4.78 is 50.3. The van der Waals surface area contributed by atoms with E-state index in [0.29, 0.717) is 0 Å². The average molecular weight is 231 g/mol. The molecule has 0 aliphatic heterocycles. The number of halogens is 2. The number of sulfonamides is 1. The van der Waals surface area contributed by atoms with E-state index in [4.69, 9.17) is 0 Å². The fourth-order valence-electron chi connectivity index (χ4n) is 0.754. The minimum absolute atomic E-state index is 0.543. The fraction of sp³-hybridized carbons (Fsp3) is 0.833. The first-order valence-electron chi connectivity index (χ1n) is 3.61. The highest BCUT2D eigenvalue weighted by molar-refractivity contribution is 7.89. The van der Waals surface area contributed by atoms with Crippen LogP contribution in [0.25, 0.3) is 0 Å². The van der Waals surface area contributed by atoms with Gasteiger partial charge in [-0.15, -0.1) is 0 Å². The first-order chi connectivity index (χ1) is 6.16. The molecule has 0 aromatic carbocycles. The number of carbonyl (C=O) groups excluding carboxylic acids is 1. The van der Waals surface area contributed by atoms with Crippen LogP contribution in [0, 0.1) is 0 Å². The standard InChI is InChI=1S/C6H11F2NO4S/c1-13-5(10)2-3-6(7,8)4-14(9,11)12/h2-4H2,1H3,(H2,9,11,12). The monoisotopic (exact) mass is 231 g/mol. The lowest BCUT2D eigenvalue weighted by Gasteiger charge is -2.13. The van der Waals surface area contributed by atoms with Gasteiger partial charge in [-0.1, -0.05) is 0 Å². The van der Waals surface area contributed by atoms with Crippen molar-refractivity contribution in [3.05, 3.63) is 0 Å². The number of hydrogen-bond donors (Lipinski definition) is 1. The van der Waals surface area contributed by atoms with Gasteiger partial charge in [0.25, 0.3) is 5.92 Å². The molecule has 0 spiro atoms. The Bertz CT molecular complexity index is 301. The highest BCUT2D eigenvalue weighted by Gasteiger charge is 2.34. The molecule has 0 rings (SSSR count). The van der Waals surface area contributed by atoms with Crippen LogP contribution in [-0.2, 0) is 19.6 Å². The summed E-state index contributed by atoms with van der Waals surface area (Å²) in [5.74, 6) is -5.78. The molecule has 0 radical (unpaired) electrons. The Morgan fingerprint density at radius 3 is 2.36 bits per heavy atom. The molecular weight excluding hydrogens is 220 g/mol. The Morgan fingerprint density at radius 1 is 1.50 bits per heavy atom. The normalized spacial score (nSPS) is 12.6. The summed E-state index contributed by atoms with van der Waals surface area (Å²) in [6, 6.07) is 0. The van der Waals surface area contributed by atoms with Gasteiger partial charge < -0.3 is 4.74 Å². The second-order valence-electron chi connectivity index (χ2n) is 2.74. The van der Waals surface area contributed by atoms with Crippen molar-refractivity contribution >= 4 is 16.0 Å². The highest BCUT2D eigenvalue weighted by Crippen LogP contribution is 2.21. The number of nitrogens with two attached hydrogens (primary N) is 1. The van der Waals surface area contributed by atoms with E-state index in [9.17, 15) is 22.0 Å². The molecule has 0 aromatic heterocycles. The Balaban J connectivity index is 4.15. The van der Waals surface area contributed by atoms with Crippen LogP contribution in [0.5, 0.6) is 0 Å². The number of rotatable bonds is 5. The molecule has 2 N–H and O–H groups in total. The second kappa shape index (κ2) is 4.65. The topological polar surface area (TPSA) is 86.5 Å². The third-order valence-corrected chi connectivity index (χ3v) is 2.16. The Kier molecular flexibility index (Phi) is 4.40. The third kappa shape index (κ3) is 6.72. The van der Waals surface area contributed by atoms with Gasteiger partial charge >= 0.3 is 5.97 Å². The highest BCUT2D eigenvalue weighted by atomic mass is 32.2. The van der Waals surface area contributed by atoms with Crippen molar-refractivity contribution in [1.82, 2.24) is 0 Å². The van der Waals surface area contributed by atoms with Crippen LogP contribution in [0.3, 0.4) is 0 Å². The lowest BCUT2D eigenvalue weighted by atomic mass is 10.2. The summed E-state index contributed by atoms with van der Waals surface area (Å²) >= 11 is 0. The van der Waals surface area contributed by atoms with E-state index in [1.54, 1.807) is 0 Å². The van der Waals surface area contributed by atoms with Crippen molar-refractivity contribution in [2.45, 2.75) is 18.8 Å². The van der Waals surface area contributed by atoms with Crippen LogP contribution in [-0.4, -0.2) is 33.2 Å². The predicted octanol–water partition coefficient (Wildman–Crippen LogP) is -0.137. The van der Waals surface area contributed by atoms with Gasteiger partial charge in [0.2, 0.25) is 10.0 Å². The van der Waals surface area contributed by atoms with Crippen molar-refractivity contribution in [2.24, 2.45) is 5.14 Å². The molecule has 14 heavy (non-hydrogen) atoms. The van der Waals surface area contributed by atoms with E-state index in [2.05, 4.69) is 9.88 Å². The van der Waals surface area contributed by atoms with E-state index >= 15 is 0 Å². The summed E-state index contributed by atoms with van der Waals surface area (Å²) in [5.41, 5.74) is 0. The van der Waals surface area contributed by atoms with Gasteiger partial charge in [-0.2, -0.15) is 0 Å². The van der Waals surface area contributed by atoms with Crippen LogP contribution >= 0.6 is 0 Å². The van der Waals surface area contributed by atoms with Gasteiger partial charge in [0, 0.05) is 6.42 Å². The summed E-state index contributed by atoms with van der Waals surface area (Å²) in [4.78, 5) is 10.5. The number of hydrogen-bond acceptors (Lipinski definition) is 4. The molecule has 84 valence electrons. The van der Waals surface area contributed by atoms with E-state index in [1.165, 1.54) is 0 Å². The van der Waals surface area contributed by atoms with Gasteiger partial charge in [-0.05, 0) is 0 Å². The van der Waals surface area contributed by atoms with E-state index in [1.807, 2.05) is 0 Å². The molecule has 0 saturated carbocycles. The first-order valence-corrected chi connectivity index (χ1v) is 5.33. The maximum atomic E-state index is 12.7. The molecule has 0 aliphatic rings. The quantitative estimate of drug-likeness (QED) is 0.667. The van der Waals surface area contributed by atoms with Crippen molar-refractivity contribution < 1.29 is 26.7 Å². The lowest BCUT2D eigenvalue weighted by Crippen LogP contribution is -2.32.